The van der Waals surface area contributed by atoms with Crippen LogP contribution in [-0.2, 0) is 9.53 Å². The van der Waals surface area contributed by atoms with Gasteiger partial charge < -0.3 is 24.3 Å². The van der Waals surface area contributed by atoms with Crippen molar-refractivity contribution in [3.8, 4) is 11.4 Å². The topological polar surface area (TPSA) is 112 Å². The van der Waals surface area contributed by atoms with Crippen LogP contribution in [0.15, 0.2) is 48.7 Å². The number of nitrogens with one attached hydrogen (secondary N) is 1. The van der Waals surface area contributed by atoms with E-state index in [0.29, 0.717) is 29.5 Å². The Morgan fingerprint density at radius 2 is 2.00 bits per heavy atom. The average Bonchev–Trinajstić information content (AvgIpc) is 3.38. The van der Waals surface area contributed by atoms with Gasteiger partial charge >= 0.3 is 5.97 Å². The zero-order valence-corrected chi connectivity index (χ0v) is 21.9. The molecule has 2 aromatic heterocycles. The maximum atomic E-state index is 11.7. The molecular weight excluding hydrogens is 494 g/mol. The van der Waals surface area contributed by atoms with E-state index in [2.05, 4.69) is 21.3 Å². The van der Waals surface area contributed by atoms with Gasteiger partial charge in [0.05, 0.1) is 42.6 Å². The highest BCUT2D eigenvalue weighted by molar-refractivity contribution is 7.80. The number of carbonyl (C=O) groups excluding carboxylic acids is 1. The van der Waals surface area contributed by atoms with Gasteiger partial charge in [-0.15, -0.1) is 0 Å². The van der Waals surface area contributed by atoms with Crippen molar-refractivity contribution in [2.75, 3.05) is 20.8 Å². The zero-order valence-electron chi connectivity index (χ0n) is 21.1. The Morgan fingerprint density at radius 3 is 2.65 bits per heavy atom. The summed E-state index contributed by atoms with van der Waals surface area (Å²) < 4.78 is 12.3. The van der Waals surface area contributed by atoms with E-state index in [1.165, 1.54) is 19.2 Å². The van der Waals surface area contributed by atoms with E-state index in [9.17, 15) is 14.9 Å². The number of carbonyl (C=O) groups is 1. The van der Waals surface area contributed by atoms with Crippen molar-refractivity contribution >= 4 is 29.0 Å². The number of nitrogens with zero attached hydrogens (tertiary/aromatic N) is 4. The molecule has 1 saturated heterocycles. The molecule has 0 aliphatic carbocycles. The van der Waals surface area contributed by atoms with Crippen LogP contribution in [0.4, 0.5) is 5.69 Å². The molecule has 0 amide bonds. The first-order valence-electron chi connectivity index (χ1n) is 11.8. The number of nitro groups is 1. The molecule has 0 unspecified atom stereocenters. The predicted molar refractivity (Wildman–Crippen MR) is 142 cm³/mol. The molecule has 1 aromatic carbocycles. The first-order valence-corrected chi connectivity index (χ1v) is 12.2. The smallest absolute Gasteiger partial charge is 0.305 e. The standard InChI is InChI=1S/C26H29N5O5S/c1-16-14-19(17(2)30(16)21-15-18(31(33)34)10-11-22(21)35-3)25-24(20-8-5-6-12-27-20)28-26(37)29(25)13-7-9-23(32)36-4/h5-6,8,10-12,14-15,24-25H,7,9,13H2,1-4H3,(H,28,37)/t24-,25+/m1/s1. The van der Waals surface area contributed by atoms with Crippen LogP contribution in [0.2, 0.25) is 0 Å². The summed E-state index contributed by atoms with van der Waals surface area (Å²) in [6, 6.07) is 11.9. The minimum atomic E-state index is -0.419. The first-order chi connectivity index (χ1) is 17.8. The fraction of sp³-hybridized carbons (Fsp3) is 0.346. The highest BCUT2D eigenvalue weighted by atomic mass is 32.1. The number of non-ortho nitro benzene ring substituents is 1. The molecule has 4 rings (SSSR count). The van der Waals surface area contributed by atoms with E-state index in [-0.39, 0.29) is 30.2 Å². The van der Waals surface area contributed by atoms with E-state index in [1.807, 2.05) is 36.6 Å². The number of nitro benzene ring substituents is 1. The average molecular weight is 524 g/mol. The third-order valence-electron chi connectivity index (χ3n) is 6.61. The van der Waals surface area contributed by atoms with E-state index < -0.39 is 4.92 Å². The van der Waals surface area contributed by atoms with Gasteiger partial charge in [-0.25, -0.2) is 0 Å². The molecule has 11 heteroatoms. The highest BCUT2D eigenvalue weighted by Crippen LogP contribution is 2.42. The number of ether oxygens (including phenoxy) is 2. The molecule has 3 heterocycles. The molecule has 3 aromatic rings. The summed E-state index contributed by atoms with van der Waals surface area (Å²) in [5.74, 6) is 0.252. The summed E-state index contributed by atoms with van der Waals surface area (Å²) in [6.45, 7) is 4.47. The summed E-state index contributed by atoms with van der Waals surface area (Å²) in [5, 5.41) is 15.5. The second-order valence-corrected chi connectivity index (χ2v) is 9.16. The van der Waals surface area contributed by atoms with Crippen molar-refractivity contribution in [1.29, 1.82) is 0 Å². The molecular formula is C26H29N5O5S. The summed E-state index contributed by atoms with van der Waals surface area (Å²) in [5.41, 5.74) is 4.17. The van der Waals surface area contributed by atoms with Crippen molar-refractivity contribution in [2.45, 2.75) is 38.8 Å². The lowest BCUT2D eigenvalue weighted by Crippen LogP contribution is -2.31. The number of pyridine rings is 1. The van der Waals surface area contributed by atoms with Crippen molar-refractivity contribution in [3.05, 3.63) is 81.4 Å². The van der Waals surface area contributed by atoms with E-state index in [4.69, 9.17) is 21.7 Å². The van der Waals surface area contributed by atoms with Crippen molar-refractivity contribution in [2.24, 2.45) is 0 Å². The van der Waals surface area contributed by atoms with E-state index >= 15 is 0 Å². The van der Waals surface area contributed by atoms with E-state index in [1.54, 1.807) is 19.4 Å². The molecule has 1 aliphatic heterocycles. The van der Waals surface area contributed by atoms with Crippen LogP contribution in [0.5, 0.6) is 5.75 Å². The van der Waals surface area contributed by atoms with Crippen LogP contribution in [-0.4, -0.2) is 51.2 Å². The lowest BCUT2D eigenvalue weighted by atomic mass is 9.96. The van der Waals surface area contributed by atoms with Gasteiger partial charge in [0.1, 0.15) is 5.75 Å². The minimum Gasteiger partial charge on any atom is -0.495 e. The van der Waals surface area contributed by atoms with Gasteiger partial charge in [-0.05, 0) is 62.3 Å². The van der Waals surface area contributed by atoms with E-state index in [0.717, 1.165) is 22.6 Å². The van der Waals surface area contributed by atoms with Gasteiger partial charge in [0, 0.05) is 42.7 Å². The number of aryl methyl sites for hydroxylation is 1. The van der Waals surface area contributed by atoms with Gasteiger partial charge in [0.2, 0.25) is 0 Å². The largest absolute Gasteiger partial charge is 0.495 e. The fourth-order valence-electron chi connectivity index (χ4n) is 4.91. The molecule has 194 valence electrons. The van der Waals surface area contributed by atoms with Crippen molar-refractivity contribution in [1.82, 2.24) is 19.8 Å². The number of rotatable bonds is 9. The van der Waals surface area contributed by atoms with Gasteiger partial charge in [-0.1, -0.05) is 6.07 Å². The molecule has 37 heavy (non-hydrogen) atoms. The molecule has 1 fully saturated rings. The maximum absolute atomic E-state index is 11.7. The summed E-state index contributed by atoms with van der Waals surface area (Å²) in [6.07, 6.45) is 2.59. The fourth-order valence-corrected chi connectivity index (χ4v) is 5.24. The predicted octanol–water partition coefficient (Wildman–Crippen LogP) is 4.33. The molecule has 0 saturated carbocycles. The summed E-state index contributed by atoms with van der Waals surface area (Å²) >= 11 is 5.73. The summed E-state index contributed by atoms with van der Waals surface area (Å²) in [7, 11) is 2.92. The normalized spacial score (nSPS) is 17.0. The number of methoxy groups -OCH3 is 2. The molecule has 2 atom stereocenters. The van der Waals surface area contributed by atoms with Crippen LogP contribution in [0.1, 0.15) is 47.6 Å². The van der Waals surface area contributed by atoms with Crippen LogP contribution in [0, 0.1) is 24.0 Å². The molecule has 0 radical (unpaired) electrons. The second kappa shape index (κ2) is 11.0. The van der Waals surface area contributed by atoms with Gasteiger partial charge in [-0.2, -0.15) is 0 Å². The SMILES string of the molecule is COC(=O)CCCN1C(=S)N[C@H](c2ccccn2)[C@@H]1c1cc(C)n(-c2cc([N+](=O)[O-])ccc2OC)c1C. The Balaban J connectivity index is 1.81. The van der Waals surface area contributed by atoms with Gasteiger partial charge in [0.25, 0.3) is 5.69 Å². The number of esters is 1. The molecule has 1 aliphatic rings. The summed E-state index contributed by atoms with van der Waals surface area (Å²) in [4.78, 5) is 29.5. The van der Waals surface area contributed by atoms with Crippen LogP contribution in [0.25, 0.3) is 5.69 Å². The molecule has 10 nitrogen and oxygen atoms in total. The van der Waals surface area contributed by atoms with Gasteiger partial charge in [0.15, 0.2) is 5.11 Å². The Labute approximate surface area is 220 Å². The lowest BCUT2D eigenvalue weighted by molar-refractivity contribution is -0.384. The number of benzene rings is 1. The number of hydrogen-bond donors (Lipinski definition) is 1. The number of aromatic nitrogens is 2. The molecule has 1 N–H and O–H groups in total. The van der Waals surface area contributed by atoms with Crippen LogP contribution < -0.4 is 10.1 Å². The first kappa shape index (κ1) is 26.1. The highest BCUT2D eigenvalue weighted by Gasteiger charge is 2.41. The monoisotopic (exact) mass is 523 g/mol. The second-order valence-electron chi connectivity index (χ2n) is 8.77. The Bertz CT molecular complexity index is 1330. The van der Waals surface area contributed by atoms with Crippen LogP contribution >= 0.6 is 12.2 Å². The maximum Gasteiger partial charge on any atom is 0.305 e. The molecule has 0 bridgehead atoms. The number of thiocarbonyl (C=S) groups is 1. The Morgan fingerprint density at radius 1 is 1.22 bits per heavy atom. The van der Waals surface area contributed by atoms with Crippen molar-refractivity contribution in [3.63, 3.8) is 0 Å². The Kier molecular flexibility index (Phi) is 7.72. The third kappa shape index (κ3) is 5.12. The molecule has 0 spiro atoms. The van der Waals surface area contributed by atoms with Crippen LogP contribution in [0.3, 0.4) is 0 Å². The minimum absolute atomic E-state index is 0.0237. The van der Waals surface area contributed by atoms with Crippen molar-refractivity contribution < 1.29 is 19.2 Å². The lowest BCUT2D eigenvalue weighted by Gasteiger charge is -2.28. The number of hydrogen-bond acceptors (Lipinski definition) is 7. The zero-order chi connectivity index (χ0) is 26.7. The van der Waals surface area contributed by atoms with Gasteiger partial charge in [-0.3, -0.25) is 19.9 Å². The quantitative estimate of drug-likeness (QED) is 0.190. The third-order valence-corrected chi connectivity index (χ3v) is 6.96. The Hall–Kier alpha value is -3.99.